The van der Waals surface area contributed by atoms with Crippen molar-refractivity contribution in [3.8, 4) is 0 Å². The third-order valence-electron chi connectivity index (χ3n) is 2.55. The van der Waals surface area contributed by atoms with E-state index in [0.717, 1.165) is 35.5 Å². The summed E-state index contributed by atoms with van der Waals surface area (Å²) >= 11 is 7.54. The molecule has 0 unspecified atom stereocenters. The molecule has 0 spiro atoms. The van der Waals surface area contributed by atoms with E-state index < -0.39 is 0 Å². The van der Waals surface area contributed by atoms with Gasteiger partial charge < -0.3 is 9.73 Å². The lowest BCUT2D eigenvalue weighted by Crippen LogP contribution is -2.16. The Morgan fingerprint density at radius 2 is 2.00 bits per heavy atom. The fourth-order valence-electron chi connectivity index (χ4n) is 1.80. The van der Waals surface area contributed by atoms with E-state index in [9.17, 15) is 0 Å². The molecule has 0 aliphatic carbocycles. The molecular weight excluding hydrogens is 268 g/mol. The Balaban J connectivity index is 1.88. The van der Waals surface area contributed by atoms with Crippen LogP contribution in [0.2, 0.25) is 4.34 Å². The van der Waals surface area contributed by atoms with E-state index in [2.05, 4.69) is 23.3 Å². The number of nitrogens with zero attached hydrogens (tertiary/aromatic N) is 1. The zero-order valence-corrected chi connectivity index (χ0v) is 12.1. The molecule has 0 bridgehead atoms. The van der Waals surface area contributed by atoms with Crippen molar-refractivity contribution in [2.75, 3.05) is 14.1 Å². The second kappa shape index (κ2) is 6.38. The van der Waals surface area contributed by atoms with Gasteiger partial charge in [0, 0.05) is 11.4 Å². The predicted octanol–water partition coefficient (Wildman–Crippen LogP) is 3.35. The lowest BCUT2D eigenvalue weighted by atomic mass is 10.3. The number of rotatable bonds is 6. The second-order valence-corrected chi connectivity index (χ2v) is 6.08. The van der Waals surface area contributed by atoms with Gasteiger partial charge in [-0.3, -0.25) is 4.90 Å². The zero-order valence-electron chi connectivity index (χ0n) is 10.6. The van der Waals surface area contributed by atoms with Crippen LogP contribution >= 0.6 is 22.9 Å². The second-order valence-electron chi connectivity index (χ2n) is 4.28. The Bertz CT molecular complexity index is 495. The summed E-state index contributed by atoms with van der Waals surface area (Å²) in [5.41, 5.74) is 0. The van der Waals surface area contributed by atoms with E-state index >= 15 is 0 Å². The Labute approximate surface area is 116 Å². The van der Waals surface area contributed by atoms with Crippen molar-refractivity contribution in [1.29, 1.82) is 0 Å². The highest BCUT2D eigenvalue weighted by molar-refractivity contribution is 7.16. The molecule has 5 heteroatoms. The lowest BCUT2D eigenvalue weighted by molar-refractivity contribution is 0.285. The summed E-state index contributed by atoms with van der Waals surface area (Å²) in [6.45, 7) is 2.46. The standard InChI is InChI=1S/C13H17ClN2OS/c1-15-7-10-3-4-11(17-10)8-16(2)9-12-5-6-13(14)18-12/h3-6,15H,7-9H2,1-2H3. The van der Waals surface area contributed by atoms with Gasteiger partial charge >= 0.3 is 0 Å². The molecule has 0 aromatic carbocycles. The van der Waals surface area contributed by atoms with Crippen LogP contribution in [0.25, 0.3) is 0 Å². The number of furan rings is 1. The molecule has 2 rings (SSSR count). The normalized spacial score (nSPS) is 11.3. The molecule has 0 fully saturated rings. The molecule has 2 heterocycles. The van der Waals surface area contributed by atoms with E-state index in [0.29, 0.717) is 0 Å². The van der Waals surface area contributed by atoms with Gasteiger partial charge in [-0.15, -0.1) is 11.3 Å². The molecule has 0 amide bonds. The molecular formula is C13H17ClN2OS. The summed E-state index contributed by atoms with van der Waals surface area (Å²) < 4.78 is 6.55. The summed E-state index contributed by atoms with van der Waals surface area (Å²) in [4.78, 5) is 3.48. The molecule has 2 aromatic heterocycles. The fraction of sp³-hybridized carbons (Fsp3) is 0.385. The van der Waals surface area contributed by atoms with Crippen LogP contribution in [0.3, 0.4) is 0 Å². The maximum absolute atomic E-state index is 5.92. The Morgan fingerprint density at radius 3 is 2.67 bits per heavy atom. The molecule has 0 aliphatic rings. The van der Waals surface area contributed by atoms with Crippen molar-refractivity contribution in [2.45, 2.75) is 19.6 Å². The van der Waals surface area contributed by atoms with E-state index in [1.807, 2.05) is 25.2 Å². The molecule has 0 aliphatic heterocycles. The first-order valence-electron chi connectivity index (χ1n) is 5.82. The first-order chi connectivity index (χ1) is 8.67. The van der Waals surface area contributed by atoms with Gasteiger partial charge in [0.15, 0.2) is 0 Å². The Kier molecular flexibility index (Phi) is 4.83. The molecule has 3 nitrogen and oxygen atoms in total. The molecule has 1 N–H and O–H groups in total. The summed E-state index contributed by atoms with van der Waals surface area (Å²) in [5, 5.41) is 3.07. The van der Waals surface area contributed by atoms with Crippen molar-refractivity contribution in [1.82, 2.24) is 10.2 Å². The van der Waals surface area contributed by atoms with E-state index in [1.165, 1.54) is 4.88 Å². The maximum atomic E-state index is 5.92. The van der Waals surface area contributed by atoms with Crippen LogP contribution in [-0.2, 0) is 19.6 Å². The van der Waals surface area contributed by atoms with Crippen LogP contribution in [0.4, 0.5) is 0 Å². The molecule has 0 radical (unpaired) electrons. The van der Waals surface area contributed by atoms with Gasteiger partial charge in [0.05, 0.1) is 17.4 Å². The van der Waals surface area contributed by atoms with Crippen molar-refractivity contribution >= 4 is 22.9 Å². The van der Waals surface area contributed by atoms with Gasteiger partial charge in [-0.2, -0.15) is 0 Å². The third kappa shape index (κ3) is 3.85. The zero-order chi connectivity index (χ0) is 13.0. The first kappa shape index (κ1) is 13.6. The van der Waals surface area contributed by atoms with Crippen molar-refractivity contribution in [3.05, 3.63) is 45.0 Å². The summed E-state index contributed by atoms with van der Waals surface area (Å²) in [6.07, 6.45) is 0. The van der Waals surface area contributed by atoms with Crippen LogP contribution in [0.1, 0.15) is 16.4 Å². The SMILES string of the molecule is CNCc1ccc(CN(C)Cc2ccc(Cl)s2)o1. The van der Waals surface area contributed by atoms with Crippen molar-refractivity contribution in [3.63, 3.8) is 0 Å². The fourth-order valence-corrected chi connectivity index (χ4v) is 2.97. The van der Waals surface area contributed by atoms with Crippen LogP contribution in [0.15, 0.2) is 28.7 Å². The number of hydrogen-bond acceptors (Lipinski definition) is 4. The van der Waals surface area contributed by atoms with E-state index in [4.69, 9.17) is 16.0 Å². The number of thiophene rings is 1. The smallest absolute Gasteiger partial charge is 0.118 e. The van der Waals surface area contributed by atoms with Crippen LogP contribution in [0, 0.1) is 0 Å². The largest absolute Gasteiger partial charge is 0.463 e. The van der Waals surface area contributed by atoms with Gasteiger partial charge in [-0.05, 0) is 38.4 Å². The molecule has 98 valence electrons. The van der Waals surface area contributed by atoms with Crippen LogP contribution < -0.4 is 5.32 Å². The number of hydrogen-bond donors (Lipinski definition) is 1. The van der Waals surface area contributed by atoms with Gasteiger partial charge in [0.25, 0.3) is 0 Å². The minimum atomic E-state index is 0.768. The van der Waals surface area contributed by atoms with E-state index in [1.54, 1.807) is 11.3 Å². The highest BCUT2D eigenvalue weighted by Crippen LogP contribution is 2.23. The van der Waals surface area contributed by atoms with Crippen LogP contribution in [-0.4, -0.2) is 19.0 Å². The average molecular weight is 285 g/mol. The van der Waals surface area contributed by atoms with Gasteiger partial charge in [0.1, 0.15) is 11.5 Å². The minimum Gasteiger partial charge on any atom is -0.463 e. The first-order valence-corrected chi connectivity index (χ1v) is 7.02. The highest BCUT2D eigenvalue weighted by atomic mass is 35.5. The topological polar surface area (TPSA) is 28.4 Å². The minimum absolute atomic E-state index is 0.768. The Morgan fingerprint density at radius 1 is 1.22 bits per heavy atom. The summed E-state index contributed by atoms with van der Waals surface area (Å²) in [6, 6.07) is 8.05. The van der Waals surface area contributed by atoms with Crippen LogP contribution in [0.5, 0.6) is 0 Å². The highest BCUT2D eigenvalue weighted by Gasteiger charge is 2.07. The number of nitrogens with one attached hydrogen (secondary N) is 1. The summed E-state index contributed by atoms with van der Waals surface area (Å²) in [7, 11) is 3.99. The summed E-state index contributed by atoms with van der Waals surface area (Å²) in [5.74, 6) is 1.96. The van der Waals surface area contributed by atoms with Crippen molar-refractivity contribution < 1.29 is 4.42 Å². The molecule has 0 atom stereocenters. The number of halogens is 1. The van der Waals surface area contributed by atoms with Gasteiger partial charge in [-0.1, -0.05) is 11.6 Å². The van der Waals surface area contributed by atoms with Gasteiger partial charge in [-0.25, -0.2) is 0 Å². The molecule has 2 aromatic rings. The monoisotopic (exact) mass is 284 g/mol. The van der Waals surface area contributed by atoms with Crippen molar-refractivity contribution in [2.24, 2.45) is 0 Å². The quantitative estimate of drug-likeness (QED) is 0.882. The van der Waals surface area contributed by atoms with Gasteiger partial charge in [0.2, 0.25) is 0 Å². The molecule has 0 saturated heterocycles. The lowest BCUT2D eigenvalue weighted by Gasteiger charge is -2.13. The maximum Gasteiger partial charge on any atom is 0.118 e. The molecule has 0 saturated carbocycles. The third-order valence-corrected chi connectivity index (χ3v) is 3.76. The predicted molar refractivity (Wildman–Crippen MR) is 76.0 cm³/mol. The Hall–Kier alpha value is -0.810. The average Bonchev–Trinajstić information content (AvgIpc) is 2.89. The van der Waals surface area contributed by atoms with E-state index in [-0.39, 0.29) is 0 Å². The molecule has 18 heavy (non-hydrogen) atoms.